The SMILES string of the molecule is C/C=C\C=C/c1nc(-c2ccc(N(c3ccccc3)c3ccc(-c4ccc(N(c5ccccc5)c5ccc(/C(S)=N/C6C=CC=CC6)cc5)cc4)cc3)cc2)sc1C. The zero-order valence-corrected chi connectivity index (χ0v) is 34.3. The van der Waals surface area contributed by atoms with E-state index >= 15 is 0 Å². The molecule has 0 saturated carbocycles. The molecule has 0 bridgehead atoms. The quantitative estimate of drug-likeness (QED) is 0.0579. The zero-order chi connectivity index (χ0) is 39.7. The van der Waals surface area contributed by atoms with E-state index in [0.29, 0.717) is 0 Å². The molecule has 6 heteroatoms. The van der Waals surface area contributed by atoms with Gasteiger partial charge in [0.2, 0.25) is 0 Å². The summed E-state index contributed by atoms with van der Waals surface area (Å²) in [5, 5.41) is 1.77. The Morgan fingerprint density at radius 2 is 1.10 bits per heavy atom. The Labute approximate surface area is 351 Å². The summed E-state index contributed by atoms with van der Waals surface area (Å²) in [6.45, 7) is 4.15. The van der Waals surface area contributed by atoms with E-state index in [1.54, 1.807) is 11.3 Å². The maximum absolute atomic E-state index is 4.92. The van der Waals surface area contributed by atoms with Gasteiger partial charge in [-0.15, -0.1) is 24.0 Å². The number of para-hydroxylation sites is 2. The Morgan fingerprint density at radius 3 is 1.59 bits per heavy atom. The zero-order valence-electron chi connectivity index (χ0n) is 32.6. The number of anilines is 6. The lowest BCUT2D eigenvalue weighted by molar-refractivity contribution is 0.830. The summed E-state index contributed by atoms with van der Waals surface area (Å²) in [5.41, 5.74) is 11.9. The van der Waals surface area contributed by atoms with Gasteiger partial charge in [0.25, 0.3) is 0 Å². The summed E-state index contributed by atoms with van der Waals surface area (Å²) in [5.74, 6) is 0. The molecule has 0 fully saturated rings. The number of aliphatic imine (C=N–C) groups is 1. The van der Waals surface area contributed by atoms with Crippen LogP contribution in [-0.4, -0.2) is 16.1 Å². The molecule has 1 aromatic heterocycles. The van der Waals surface area contributed by atoms with Crippen LogP contribution in [0.2, 0.25) is 0 Å². The highest BCUT2D eigenvalue weighted by atomic mass is 32.1. The molecular formula is C52H44N4S2. The predicted molar refractivity (Wildman–Crippen MR) is 253 cm³/mol. The van der Waals surface area contributed by atoms with E-state index in [-0.39, 0.29) is 6.04 Å². The summed E-state index contributed by atoms with van der Waals surface area (Å²) < 4.78 is 0. The number of thiol groups is 1. The molecule has 7 aromatic rings. The Hall–Kier alpha value is -6.47. The molecule has 0 radical (unpaired) electrons. The Bertz CT molecular complexity index is 2580. The lowest BCUT2D eigenvalue weighted by Gasteiger charge is -2.26. The lowest BCUT2D eigenvalue weighted by atomic mass is 10.0. The average molecular weight is 789 g/mol. The first-order chi connectivity index (χ1) is 28.5. The number of benzene rings is 6. The van der Waals surface area contributed by atoms with E-state index in [2.05, 4.69) is 193 Å². The van der Waals surface area contributed by atoms with Crippen molar-refractivity contribution in [3.8, 4) is 21.7 Å². The van der Waals surface area contributed by atoms with E-state index in [0.717, 1.165) is 78.5 Å². The Balaban J connectivity index is 1.04. The van der Waals surface area contributed by atoms with E-state index in [4.69, 9.17) is 22.6 Å². The fraction of sp³-hybridized carbons (Fsp3) is 0.0769. The van der Waals surface area contributed by atoms with Crippen molar-refractivity contribution in [3.05, 3.63) is 216 Å². The highest BCUT2D eigenvalue weighted by molar-refractivity contribution is 7.97. The van der Waals surface area contributed by atoms with Gasteiger partial charge in [0.15, 0.2) is 0 Å². The second kappa shape index (κ2) is 18.2. The van der Waals surface area contributed by atoms with Gasteiger partial charge < -0.3 is 9.80 Å². The third kappa shape index (κ3) is 8.89. The van der Waals surface area contributed by atoms with E-state index in [1.165, 1.54) is 4.88 Å². The molecule has 1 atom stereocenters. The summed E-state index contributed by atoms with van der Waals surface area (Å²) in [6, 6.07) is 56.0. The fourth-order valence-corrected chi connectivity index (χ4v) is 8.21. The lowest BCUT2D eigenvalue weighted by Crippen LogP contribution is -2.10. The molecule has 284 valence electrons. The molecule has 58 heavy (non-hydrogen) atoms. The standard InChI is InChI=1S/C52H44N4S2/c1-3-4-8-21-50-38(2)58-52(54-50)42-28-36-49(37-29-42)56(45-19-13-7-14-20-45)47-32-24-40(25-33-47)39-22-30-46(31-23-39)55(44-17-11-6-12-18-44)48-34-26-41(27-35-48)51(57)53-43-15-9-5-10-16-43/h3-15,17-37,43H,16H2,1-2H3,(H,53,57)/b4-3-,21-8-. The summed E-state index contributed by atoms with van der Waals surface area (Å²) in [6.07, 6.45) is 17.4. The molecular weight excluding hydrogens is 745 g/mol. The molecule has 0 spiro atoms. The number of hydrogen-bond acceptors (Lipinski definition) is 5. The molecule has 0 N–H and O–H groups in total. The van der Waals surface area contributed by atoms with E-state index < -0.39 is 0 Å². The largest absolute Gasteiger partial charge is 0.311 e. The predicted octanol–water partition coefficient (Wildman–Crippen LogP) is 14.9. The minimum Gasteiger partial charge on any atom is -0.311 e. The highest BCUT2D eigenvalue weighted by Gasteiger charge is 2.16. The maximum Gasteiger partial charge on any atom is 0.124 e. The van der Waals surface area contributed by atoms with Gasteiger partial charge in [0.05, 0.1) is 16.8 Å². The first-order valence-electron chi connectivity index (χ1n) is 19.5. The molecule has 0 saturated heterocycles. The Kier molecular flexibility index (Phi) is 12.1. The van der Waals surface area contributed by atoms with Crippen molar-refractivity contribution in [2.75, 3.05) is 9.80 Å². The van der Waals surface area contributed by atoms with Crippen LogP contribution in [0.1, 0.15) is 29.5 Å². The van der Waals surface area contributed by atoms with E-state index in [9.17, 15) is 0 Å². The number of aromatic nitrogens is 1. The van der Waals surface area contributed by atoms with Crippen molar-refractivity contribution in [2.45, 2.75) is 26.3 Å². The molecule has 1 aliphatic carbocycles. The molecule has 1 aliphatic rings. The van der Waals surface area contributed by atoms with Crippen molar-refractivity contribution in [2.24, 2.45) is 4.99 Å². The van der Waals surface area contributed by atoms with Gasteiger partial charge in [-0.3, -0.25) is 4.99 Å². The van der Waals surface area contributed by atoms with Crippen LogP contribution in [-0.2, 0) is 0 Å². The summed E-state index contributed by atoms with van der Waals surface area (Å²) in [4.78, 5) is 15.5. The molecule has 1 unspecified atom stereocenters. The van der Waals surface area contributed by atoms with Crippen LogP contribution in [0, 0.1) is 6.92 Å². The smallest absolute Gasteiger partial charge is 0.124 e. The first kappa shape index (κ1) is 38.4. The van der Waals surface area contributed by atoms with Gasteiger partial charge in [-0.05, 0) is 122 Å². The first-order valence-corrected chi connectivity index (χ1v) is 20.8. The maximum atomic E-state index is 4.92. The number of aryl methyl sites for hydroxylation is 1. The van der Waals surface area contributed by atoms with Crippen LogP contribution < -0.4 is 9.80 Å². The molecule has 4 nitrogen and oxygen atoms in total. The second-order valence-electron chi connectivity index (χ2n) is 13.9. The van der Waals surface area contributed by atoms with Gasteiger partial charge >= 0.3 is 0 Å². The number of nitrogens with zero attached hydrogens (tertiary/aromatic N) is 4. The average Bonchev–Trinajstić information content (AvgIpc) is 3.65. The third-order valence-electron chi connectivity index (χ3n) is 10.0. The summed E-state index contributed by atoms with van der Waals surface area (Å²) in [7, 11) is 0. The van der Waals surface area contributed by atoms with E-state index in [1.807, 2.05) is 37.3 Å². The minimum atomic E-state index is 0.123. The number of rotatable bonds is 12. The van der Waals surface area contributed by atoms with Crippen molar-refractivity contribution < 1.29 is 0 Å². The van der Waals surface area contributed by atoms with Crippen LogP contribution in [0.4, 0.5) is 34.1 Å². The van der Waals surface area contributed by atoms with Crippen LogP contribution in [0.15, 0.2) is 205 Å². The minimum absolute atomic E-state index is 0.123. The number of allylic oxidation sites excluding steroid dienone is 5. The van der Waals surface area contributed by atoms with Crippen LogP contribution in [0.5, 0.6) is 0 Å². The molecule has 0 amide bonds. The van der Waals surface area contributed by atoms with Crippen molar-refractivity contribution in [3.63, 3.8) is 0 Å². The van der Waals surface area contributed by atoms with Crippen LogP contribution >= 0.6 is 24.0 Å². The number of hydrogen-bond donors (Lipinski definition) is 1. The van der Waals surface area contributed by atoms with Gasteiger partial charge in [-0.2, -0.15) is 0 Å². The highest BCUT2D eigenvalue weighted by Crippen LogP contribution is 2.39. The van der Waals surface area contributed by atoms with Gasteiger partial charge in [0, 0.05) is 50.1 Å². The van der Waals surface area contributed by atoms with Gasteiger partial charge in [-0.1, -0.05) is 115 Å². The topological polar surface area (TPSA) is 31.7 Å². The van der Waals surface area contributed by atoms with Crippen molar-refractivity contribution >= 4 is 69.2 Å². The second-order valence-corrected chi connectivity index (χ2v) is 15.6. The molecule has 0 aliphatic heterocycles. The fourth-order valence-electron chi connectivity index (χ4n) is 7.01. The third-order valence-corrected chi connectivity index (χ3v) is 11.4. The van der Waals surface area contributed by atoms with Crippen LogP contribution in [0.25, 0.3) is 27.8 Å². The van der Waals surface area contributed by atoms with Gasteiger partial charge in [0.1, 0.15) is 5.01 Å². The molecule has 8 rings (SSSR count). The molecule has 6 aromatic carbocycles. The monoisotopic (exact) mass is 788 g/mol. The Morgan fingerprint density at radius 1 is 0.621 bits per heavy atom. The molecule has 1 heterocycles. The van der Waals surface area contributed by atoms with Crippen molar-refractivity contribution in [1.82, 2.24) is 4.98 Å². The summed E-state index contributed by atoms with van der Waals surface area (Å²) >= 11 is 6.48. The van der Waals surface area contributed by atoms with Crippen molar-refractivity contribution in [1.29, 1.82) is 0 Å². The van der Waals surface area contributed by atoms with Crippen LogP contribution in [0.3, 0.4) is 0 Å². The normalized spacial score (nSPS) is 14.1. The van der Waals surface area contributed by atoms with Gasteiger partial charge in [-0.25, -0.2) is 4.98 Å². The number of thiazole rings is 1.